The first kappa shape index (κ1) is 13.5. The first-order valence-electron chi connectivity index (χ1n) is 5.84. The summed E-state index contributed by atoms with van der Waals surface area (Å²) >= 11 is 1.35. The second-order valence-electron chi connectivity index (χ2n) is 4.08. The number of carbonyl (C=O) groups is 1. The molecule has 0 atom stereocenters. The Balaban J connectivity index is 1.74. The molecule has 3 N–H and O–H groups in total. The zero-order valence-corrected chi connectivity index (χ0v) is 11.0. The van der Waals surface area contributed by atoms with E-state index in [0.717, 1.165) is 11.3 Å². The zero-order valence-electron chi connectivity index (χ0n) is 10.2. The lowest BCUT2D eigenvalue weighted by atomic mass is 10.1. The van der Waals surface area contributed by atoms with Crippen molar-refractivity contribution in [2.24, 2.45) is 0 Å². The summed E-state index contributed by atoms with van der Waals surface area (Å²) < 4.78 is 12.7. The predicted molar refractivity (Wildman–Crippen MR) is 73.1 cm³/mol. The summed E-state index contributed by atoms with van der Waals surface area (Å²) in [6.07, 6.45) is 0.955. The van der Waals surface area contributed by atoms with E-state index < -0.39 is 0 Å². The molecule has 0 spiro atoms. The van der Waals surface area contributed by atoms with Gasteiger partial charge in [-0.05, 0) is 24.1 Å². The summed E-state index contributed by atoms with van der Waals surface area (Å²) in [5.41, 5.74) is 7.20. The number of rotatable bonds is 5. The molecule has 0 radical (unpaired) electrons. The van der Waals surface area contributed by atoms with E-state index in [1.807, 2.05) is 5.38 Å². The molecule has 2 aromatic rings. The van der Waals surface area contributed by atoms with Crippen LogP contribution >= 0.6 is 11.3 Å². The molecule has 19 heavy (non-hydrogen) atoms. The Hall–Kier alpha value is -1.95. The minimum Gasteiger partial charge on any atom is -0.375 e. The number of nitrogens with zero attached hydrogens (tertiary/aromatic N) is 1. The third-order valence-electron chi connectivity index (χ3n) is 2.59. The molecular formula is C13H14FN3OS. The Bertz CT molecular complexity index is 553. The molecule has 4 nitrogen and oxygen atoms in total. The van der Waals surface area contributed by atoms with Crippen LogP contribution in [0.2, 0.25) is 0 Å². The van der Waals surface area contributed by atoms with Crippen molar-refractivity contribution in [2.75, 3.05) is 5.73 Å². The molecule has 0 fully saturated rings. The number of halogens is 1. The lowest BCUT2D eigenvalue weighted by Crippen LogP contribution is -2.23. The van der Waals surface area contributed by atoms with Crippen molar-refractivity contribution in [3.63, 3.8) is 0 Å². The van der Waals surface area contributed by atoms with Gasteiger partial charge in [-0.3, -0.25) is 4.79 Å². The number of benzene rings is 1. The largest absolute Gasteiger partial charge is 0.375 e. The number of hydrogen-bond donors (Lipinski definition) is 2. The first-order valence-corrected chi connectivity index (χ1v) is 6.72. The molecule has 1 aromatic carbocycles. The van der Waals surface area contributed by atoms with Gasteiger partial charge < -0.3 is 11.1 Å². The van der Waals surface area contributed by atoms with Gasteiger partial charge in [0.15, 0.2) is 5.13 Å². The van der Waals surface area contributed by atoms with Crippen LogP contribution in [0.25, 0.3) is 0 Å². The smallest absolute Gasteiger partial charge is 0.220 e. The number of nitrogens with one attached hydrogen (secondary N) is 1. The first-order chi connectivity index (χ1) is 9.13. The molecule has 0 unspecified atom stereocenters. The van der Waals surface area contributed by atoms with Crippen molar-refractivity contribution in [2.45, 2.75) is 19.4 Å². The minimum atomic E-state index is -0.269. The standard InChI is InChI=1S/C13H14FN3OS/c14-10-4-1-9(2-5-10)3-6-12(18)16-7-11-8-19-13(15)17-11/h1-2,4-5,8H,3,6-7H2,(H2,15,17)(H,16,18). The Morgan fingerprint density at radius 3 is 2.74 bits per heavy atom. The molecule has 1 amide bonds. The van der Waals surface area contributed by atoms with Gasteiger partial charge in [-0.2, -0.15) is 0 Å². The maximum absolute atomic E-state index is 12.7. The second kappa shape index (κ2) is 6.29. The van der Waals surface area contributed by atoms with Gasteiger partial charge >= 0.3 is 0 Å². The van der Waals surface area contributed by atoms with E-state index in [-0.39, 0.29) is 11.7 Å². The van der Waals surface area contributed by atoms with Crippen molar-refractivity contribution in [1.29, 1.82) is 0 Å². The average Bonchev–Trinajstić information content (AvgIpc) is 2.81. The van der Waals surface area contributed by atoms with E-state index >= 15 is 0 Å². The molecule has 100 valence electrons. The normalized spacial score (nSPS) is 10.4. The molecule has 2 rings (SSSR count). The summed E-state index contributed by atoms with van der Waals surface area (Å²) in [6.45, 7) is 0.385. The van der Waals surface area contributed by atoms with Crippen LogP contribution in [0.4, 0.5) is 9.52 Å². The third kappa shape index (κ3) is 4.33. The second-order valence-corrected chi connectivity index (χ2v) is 4.97. The number of thiazole rings is 1. The van der Waals surface area contributed by atoms with Crippen LogP contribution in [-0.2, 0) is 17.8 Å². The lowest BCUT2D eigenvalue weighted by Gasteiger charge is -2.03. The van der Waals surface area contributed by atoms with Crippen LogP contribution in [0, 0.1) is 5.82 Å². The number of aromatic nitrogens is 1. The van der Waals surface area contributed by atoms with Crippen LogP contribution in [0.3, 0.4) is 0 Å². The van der Waals surface area contributed by atoms with Crippen molar-refractivity contribution in [3.8, 4) is 0 Å². The number of amides is 1. The highest BCUT2D eigenvalue weighted by atomic mass is 32.1. The van der Waals surface area contributed by atoms with Gasteiger partial charge in [-0.15, -0.1) is 11.3 Å². The summed E-state index contributed by atoms with van der Waals surface area (Å²) in [7, 11) is 0. The third-order valence-corrected chi connectivity index (χ3v) is 3.31. The highest BCUT2D eigenvalue weighted by Crippen LogP contribution is 2.10. The number of carbonyl (C=O) groups excluding carboxylic acids is 1. The molecule has 0 bridgehead atoms. The number of nitrogens with two attached hydrogens (primary N) is 1. The van der Waals surface area contributed by atoms with Crippen LogP contribution in [-0.4, -0.2) is 10.9 Å². The quantitative estimate of drug-likeness (QED) is 0.881. The summed E-state index contributed by atoms with van der Waals surface area (Å²) in [5, 5.41) is 5.08. The molecule has 0 saturated carbocycles. The van der Waals surface area contributed by atoms with Crippen molar-refractivity contribution >= 4 is 22.4 Å². The SMILES string of the molecule is Nc1nc(CNC(=O)CCc2ccc(F)cc2)cs1. The average molecular weight is 279 g/mol. The molecule has 6 heteroatoms. The van der Waals surface area contributed by atoms with Crippen LogP contribution in [0.5, 0.6) is 0 Å². The topological polar surface area (TPSA) is 68.0 Å². The van der Waals surface area contributed by atoms with Gasteiger partial charge in [0, 0.05) is 11.8 Å². The van der Waals surface area contributed by atoms with Crippen LogP contribution < -0.4 is 11.1 Å². The highest BCUT2D eigenvalue weighted by Gasteiger charge is 2.04. The Kier molecular flexibility index (Phi) is 4.46. The van der Waals surface area contributed by atoms with Gasteiger partial charge in [-0.25, -0.2) is 9.37 Å². The maximum atomic E-state index is 12.7. The maximum Gasteiger partial charge on any atom is 0.220 e. The molecule has 0 aliphatic heterocycles. The summed E-state index contributed by atoms with van der Waals surface area (Å²) in [6, 6.07) is 6.16. The molecule has 1 aromatic heterocycles. The highest BCUT2D eigenvalue weighted by molar-refractivity contribution is 7.13. The lowest BCUT2D eigenvalue weighted by molar-refractivity contribution is -0.121. The number of anilines is 1. The van der Waals surface area contributed by atoms with Gasteiger partial charge in [0.2, 0.25) is 5.91 Å². The van der Waals surface area contributed by atoms with E-state index in [0.29, 0.717) is 24.5 Å². The molecular weight excluding hydrogens is 265 g/mol. The van der Waals surface area contributed by atoms with E-state index in [1.165, 1.54) is 23.5 Å². The van der Waals surface area contributed by atoms with Gasteiger partial charge in [0.1, 0.15) is 5.82 Å². The van der Waals surface area contributed by atoms with Gasteiger partial charge in [0.05, 0.1) is 12.2 Å². The Labute approximate surface area is 114 Å². The van der Waals surface area contributed by atoms with Crippen LogP contribution in [0.1, 0.15) is 17.7 Å². The van der Waals surface area contributed by atoms with Crippen molar-refractivity contribution < 1.29 is 9.18 Å². The fraction of sp³-hybridized carbons (Fsp3) is 0.231. The fourth-order valence-corrected chi connectivity index (χ4v) is 2.15. The predicted octanol–water partition coefficient (Wildman–Crippen LogP) is 2.11. The molecule has 1 heterocycles. The number of aryl methyl sites for hydroxylation is 1. The van der Waals surface area contributed by atoms with Gasteiger partial charge in [0.25, 0.3) is 0 Å². The molecule has 0 saturated heterocycles. The summed E-state index contributed by atoms with van der Waals surface area (Å²) in [5.74, 6) is -0.329. The van der Waals surface area contributed by atoms with Crippen molar-refractivity contribution in [1.82, 2.24) is 10.3 Å². The van der Waals surface area contributed by atoms with Gasteiger partial charge in [-0.1, -0.05) is 12.1 Å². The van der Waals surface area contributed by atoms with E-state index in [4.69, 9.17) is 5.73 Å². The zero-order chi connectivity index (χ0) is 13.7. The Morgan fingerprint density at radius 2 is 2.11 bits per heavy atom. The summed E-state index contributed by atoms with van der Waals surface area (Å²) in [4.78, 5) is 15.7. The van der Waals surface area contributed by atoms with E-state index in [2.05, 4.69) is 10.3 Å². The fourth-order valence-electron chi connectivity index (χ4n) is 1.59. The monoisotopic (exact) mass is 279 g/mol. The minimum absolute atomic E-state index is 0.0594. The number of nitrogen functional groups attached to an aromatic ring is 1. The molecule has 0 aliphatic carbocycles. The van der Waals surface area contributed by atoms with E-state index in [1.54, 1.807) is 12.1 Å². The van der Waals surface area contributed by atoms with Crippen molar-refractivity contribution in [3.05, 3.63) is 46.7 Å². The Morgan fingerprint density at radius 1 is 1.37 bits per heavy atom. The van der Waals surface area contributed by atoms with E-state index in [9.17, 15) is 9.18 Å². The van der Waals surface area contributed by atoms with Crippen LogP contribution in [0.15, 0.2) is 29.6 Å². The molecule has 0 aliphatic rings. The number of hydrogen-bond acceptors (Lipinski definition) is 4.